The minimum Gasteiger partial charge on any atom is -0.306 e. The molecule has 4 rings (SSSR count). The van der Waals surface area contributed by atoms with E-state index in [2.05, 4.69) is 23.9 Å². The van der Waals surface area contributed by atoms with Crippen molar-refractivity contribution in [2.45, 2.75) is 25.6 Å². The molecule has 1 fully saturated rings. The van der Waals surface area contributed by atoms with E-state index in [0.717, 1.165) is 43.0 Å². The minimum absolute atomic E-state index is 0.268. The van der Waals surface area contributed by atoms with Crippen LogP contribution in [0.25, 0.3) is 17.1 Å². The van der Waals surface area contributed by atoms with Gasteiger partial charge in [0, 0.05) is 11.6 Å². The maximum absolute atomic E-state index is 13.5. The van der Waals surface area contributed by atoms with Gasteiger partial charge in [0.05, 0.1) is 12.4 Å². The maximum atomic E-state index is 13.5. The van der Waals surface area contributed by atoms with Crippen LogP contribution in [0.2, 0.25) is 0 Å². The SMILES string of the molecule is CN1CCC(N(C)Cn2nc(-c3ccccc3)n(-c3ccc(F)cc3)c2=S)CC1. The van der Waals surface area contributed by atoms with Crippen LogP contribution in [0.15, 0.2) is 54.6 Å². The molecule has 1 aliphatic heterocycles. The molecule has 0 amide bonds. The summed E-state index contributed by atoms with van der Waals surface area (Å²) in [5.41, 5.74) is 1.78. The first-order valence-corrected chi connectivity index (χ1v) is 10.3. The number of hydrogen-bond donors (Lipinski definition) is 0. The molecule has 2 heterocycles. The lowest BCUT2D eigenvalue weighted by molar-refractivity contribution is 0.113. The van der Waals surface area contributed by atoms with Crippen molar-refractivity contribution in [3.8, 4) is 17.1 Å². The third kappa shape index (κ3) is 4.32. The van der Waals surface area contributed by atoms with Crippen molar-refractivity contribution in [2.75, 3.05) is 27.2 Å². The molecule has 1 aromatic heterocycles. The van der Waals surface area contributed by atoms with Gasteiger partial charge in [0.2, 0.25) is 4.77 Å². The summed E-state index contributed by atoms with van der Waals surface area (Å²) >= 11 is 5.80. The quantitative estimate of drug-likeness (QED) is 0.589. The van der Waals surface area contributed by atoms with Crippen LogP contribution in [-0.2, 0) is 6.67 Å². The monoisotopic (exact) mass is 411 g/mol. The van der Waals surface area contributed by atoms with Gasteiger partial charge in [-0.1, -0.05) is 30.3 Å². The van der Waals surface area contributed by atoms with E-state index < -0.39 is 0 Å². The standard InChI is InChI=1S/C22H26FN5S/c1-25-14-12-19(13-15-25)26(2)16-27-22(29)28(20-10-8-18(23)9-11-20)21(24-27)17-6-4-3-5-7-17/h3-11,19H,12-16H2,1-2H3. The van der Waals surface area contributed by atoms with Crippen LogP contribution in [0.1, 0.15) is 12.8 Å². The molecule has 0 aliphatic carbocycles. The van der Waals surface area contributed by atoms with Gasteiger partial charge in [0.15, 0.2) is 5.82 Å². The molecule has 0 N–H and O–H groups in total. The summed E-state index contributed by atoms with van der Waals surface area (Å²) in [6.45, 7) is 2.85. The number of rotatable bonds is 5. The molecule has 29 heavy (non-hydrogen) atoms. The summed E-state index contributed by atoms with van der Waals surface area (Å²) < 4.78 is 17.9. The topological polar surface area (TPSA) is 29.2 Å². The number of hydrogen-bond acceptors (Lipinski definition) is 4. The number of likely N-dealkylation sites (tertiary alicyclic amines) is 1. The second-order valence-electron chi connectivity index (χ2n) is 7.72. The van der Waals surface area contributed by atoms with Gasteiger partial charge < -0.3 is 4.90 Å². The van der Waals surface area contributed by atoms with E-state index >= 15 is 0 Å². The first-order chi connectivity index (χ1) is 14.0. The van der Waals surface area contributed by atoms with Crippen LogP contribution < -0.4 is 0 Å². The molecule has 0 saturated carbocycles. The Morgan fingerprint density at radius 2 is 1.72 bits per heavy atom. The Labute approximate surface area is 176 Å². The smallest absolute Gasteiger partial charge is 0.204 e. The van der Waals surface area contributed by atoms with Crippen molar-refractivity contribution >= 4 is 12.2 Å². The van der Waals surface area contributed by atoms with E-state index in [4.69, 9.17) is 17.3 Å². The zero-order valence-electron chi connectivity index (χ0n) is 16.8. The van der Waals surface area contributed by atoms with Crippen molar-refractivity contribution in [1.29, 1.82) is 0 Å². The molecule has 152 valence electrons. The Morgan fingerprint density at radius 3 is 2.38 bits per heavy atom. The van der Waals surface area contributed by atoms with E-state index in [9.17, 15) is 4.39 Å². The van der Waals surface area contributed by atoms with E-state index in [0.29, 0.717) is 17.5 Å². The molecule has 0 atom stereocenters. The van der Waals surface area contributed by atoms with Gasteiger partial charge in [0.1, 0.15) is 5.82 Å². The third-order valence-corrected chi connectivity index (χ3v) is 6.02. The number of piperidine rings is 1. The van der Waals surface area contributed by atoms with Crippen molar-refractivity contribution in [3.05, 3.63) is 65.2 Å². The highest BCUT2D eigenvalue weighted by Gasteiger charge is 2.22. The molecular formula is C22H26FN5S. The first-order valence-electron chi connectivity index (χ1n) is 9.93. The average Bonchev–Trinajstić information content (AvgIpc) is 3.06. The van der Waals surface area contributed by atoms with Gasteiger partial charge in [-0.2, -0.15) is 0 Å². The van der Waals surface area contributed by atoms with Crippen LogP contribution >= 0.6 is 12.2 Å². The lowest BCUT2D eigenvalue weighted by Gasteiger charge is -2.34. The molecule has 0 radical (unpaired) electrons. The average molecular weight is 412 g/mol. The van der Waals surface area contributed by atoms with Gasteiger partial charge in [0.25, 0.3) is 0 Å². The highest BCUT2D eigenvalue weighted by atomic mass is 32.1. The van der Waals surface area contributed by atoms with Crippen LogP contribution in [0.5, 0.6) is 0 Å². The third-order valence-electron chi connectivity index (χ3n) is 5.62. The van der Waals surface area contributed by atoms with Crippen molar-refractivity contribution in [2.24, 2.45) is 0 Å². The Hall–Kier alpha value is -2.35. The fourth-order valence-electron chi connectivity index (χ4n) is 3.86. The molecular weight excluding hydrogens is 385 g/mol. The van der Waals surface area contributed by atoms with Crippen LogP contribution in [-0.4, -0.2) is 57.4 Å². The summed E-state index contributed by atoms with van der Waals surface area (Å²) in [4.78, 5) is 4.70. The maximum Gasteiger partial charge on any atom is 0.204 e. The lowest BCUT2D eigenvalue weighted by atomic mass is 10.0. The van der Waals surface area contributed by atoms with Crippen LogP contribution in [0.3, 0.4) is 0 Å². The largest absolute Gasteiger partial charge is 0.306 e. The molecule has 5 nitrogen and oxygen atoms in total. The summed E-state index contributed by atoms with van der Waals surface area (Å²) in [5.74, 6) is 0.495. The van der Waals surface area contributed by atoms with Gasteiger partial charge in [-0.3, -0.25) is 9.47 Å². The Bertz CT molecular complexity index is 1000. The van der Waals surface area contributed by atoms with Crippen LogP contribution in [0.4, 0.5) is 4.39 Å². The fourth-order valence-corrected chi connectivity index (χ4v) is 4.15. The lowest BCUT2D eigenvalue weighted by Crippen LogP contribution is -2.42. The van der Waals surface area contributed by atoms with E-state index in [1.807, 2.05) is 39.6 Å². The zero-order valence-corrected chi connectivity index (χ0v) is 17.6. The Morgan fingerprint density at radius 1 is 1.07 bits per heavy atom. The molecule has 1 aliphatic rings. The molecule has 3 aromatic rings. The highest BCUT2D eigenvalue weighted by Crippen LogP contribution is 2.23. The first kappa shape index (κ1) is 19.9. The van der Waals surface area contributed by atoms with Crippen LogP contribution in [0, 0.1) is 10.6 Å². The van der Waals surface area contributed by atoms with Crippen molar-refractivity contribution in [3.63, 3.8) is 0 Å². The summed E-state index contributed by atoms with van der Waals surface area (Å²) in [7, 11) is 4.31. The molecule has 0 unspecified atom stereocenters. The van der Waals surface area contributed by atoms with Crippen molar-refractivity contribution in [1.82, 2.24) is 24.1 Å². The molecule has 7 heteroatoms. The van der Waals surface area contributed by atoms with E-state index in [1.54, 1.807) is 12.1 Å². The highest BCUT2D eigenvalue weighted by molar-refractivity contribution is 7.71. The molecule has 2 aromatic carbocycles. The second kappa shape index (κ2) is 8.57. The Balaban J connectivity index is 1.70. The zero-order chi connectivity index (χ0) is 20.4. The van der Waals surface area contributed by atoms with E-state index in [-0.39, 0.29) is 5.82 Å². The summed E-state index contributed by atoms with van der Waals surface area (Å²) in [6.07, 6.45) is 2.29. The molecule has 0 spiro atoms. The normalized spacial score (nSPS) is 15.9. The molecule has 0 bridgehead atoms. The van der Waals surface area contributed by atoms with Gasteiger partial charge in [-0.25, -0.2) is 9.07 Å². The van der Waals surface area contributed by atoms with Gasteiger partial charge >= 0.3 is 0 Å². The number of halogens is 1. The summed E-state index contributed by atoms with van der Waals surface area (Å²) in [5, 5.41) is 4.86. The number of benzene rings is 2. The predicted molar refractivity (Wildman–Crippen MR) is 116 cm³/mol. The summed E-state index contributed by atoms with van der Waals surface area (Å²) in [6, 6.07) is 16.9. The minimum atomic E-state index is -0.268. The predicted octanol–water partition coefficient (Wildman–Crippen LogP) is 4.19. The second-order valence-corrected chi connectivity index (χ2v) is 8.08. The molecule has 1 saturated heterocycles. The van der Waals surface area contributed by atoms with Gasteiger partial charge in [-0.05, 0) is 76.5 Å². The van der Waals surface area contributed by atoms with Crippen molar-refractivity contribution < 1.29 is 4.39 Å². The van der Waals surface area contributed by atoms with E-state index in [1.165, 1.54) is 12.1 Å². The van der Waals surface area contributed by atoms with Gasteiger partial charge in [-0.15, -0.1) is 5.10 Å². The number of nitrogens with zero attached hydrogens (tertiary/aromatic N) is 5. The Kier molecular flexibility index (Phi) is 5.89. The fraction of sp³-hybridized carbons (Fsp3) is 0.364. The number of aromatic nitrogens is 3.